The lowest BCUT2D eigenvalue weighted by molar-refractivity contribution is 0.474. The third-order valence-corrected chi connectivity index (χ3v) is 7.88. The minimum absolute atomic E-state index is 0.00269. The fraction of sp³-hybridized carbons (Fsp3) is 0.333. The first-order valence-corrected chi connectivity index (χ1v) is 11.6. The average molecular weight is 396 g/mol. The van der Waals surface area contributed by atoms with Crippen molar-refractivity contribution >= 4 is 19.9 Å². The van der Waals surface area contributed by atoms with Gasteiger partial charge in [-0.05, 0) is 55.3 Å². The van der Waals surface area contributed by atoms with Crippen molar-refractivity contribution in [2.45, 2.75) is 23.5 Å². The zero-order valence-electron chi connectivity index (χ0n) is 14.6. The molecule has 2 aromatic rings. The second kappa shape index (κ2) is 7.02. The summed E-state index contributed by atoms with van der Waals surface area (Å²) in [6.45, 7) is 2.17. The molecular formula is C18H21NO5S2. The van der Waals surface area contributed by atoms with Crippen LogP contribution in [0.15, 0.2) is 53.4 Å². The summed E-state index contributed by atoms with van der Waals surface area (Å²) >= 11 is 0. The zero-order chi connectivity index (χ0) is 18.9. The van der Waals surface area contributed by atoms with Crippen molar-refractivity contribution in [2.75, 3.05) is 19.3 Å². The molecule has 26 heavy (non-hydrogen) atoms. The molecule has 0 saturated carbocycles. The molecule has 0 amide bonds. The molecule has 140 valence electrons. The molecule has 1 saturated heterocycles. The average Bonchev–Trinajstić information content (AvgIpc) is 3.06. The Kier molecular flexibility index (Phi) is 5.09. The molecule has 0 spiro atoms. The number of benzene rings is 2. The Hall–Kier alpha value is -1.90. The van der Waals surface area contributed by atoms with Crippen LogP contribution in [0.3, 0.4) is 0 Å². The predicted molar refractivity (Wildman–Crippen MR) is 99.7 cm³/mol. The number of ether oxygens (including phenoxy) is 1. The van der Waals surface area contributed by atoms with Gasteiger partial charge < -0.3 is 4.74 Å². The summed E-state index contributed by atoms with van der Waals surface area (Å²) in [4.78, 5) is 0.128. The summed E-state index contributed by atoms with van der Waals surface area (Å²) in [5, 5.41) is -0.638. The van der Waals surface area contributed by atoms with Crippen molar-refractivity contribution in [1.82, 2.24) is 4.31 Å². The van der Waals surface area contributed by atoms with Gasteiger partial charge in [-0.2, -0.15) is 4.31 Å². The molecule has 0 aliphatic carbocycles. The van der Waals surface area contributed by atoms with E-state index in [1.165, 1.54) is 16.4 Å². The molecule has 6 nitrogen and oxygen atoms in total. The van der Waals surface area contributed by atoms with E-state index < -0.39 is 25.1 Å². The number of sulfonamides is 1. The summed E-state index contributed by atoms with van der Waals surface area (Å²) in [5.41, 5.74) is 1.07. The Labute approximate surface area is 154 Å². The number of rotatable bonds is 5. The molecule has 1 fully saturated rings. The van der Waals surface area contributed by atoms with Gasteiger partial charge in [-0.1, -0.05) is 12.1 Å². The van der Waals surface area contributed by atoms with Gasteiger partial charge in [-0.3, -0.25) is 0 Å². The maximum absolute atomic E-state index is 12.7. The second-order valence-corrected chi connectivity index (χ2v) is 10.8. The molecule has 1 aliphatic rings. The first-order chi connectivity index (χ1) is 12.2. The molecule has 0 N–H and O–H groups in total. The van der Waals surface area contributed by atoms with E-state index >= 15 is 0 Å². The zero-order valence-corrected chi connectivity index (χ0v) is 16.3. The molecule has 1 atom stereocenters. The van der Waals surface area contributed by atoms with Crippen LogP contribution >= 0.6 is 0 Å². The third-order valence-electron chi connectivity index (χ3n) is 4.40. The maximum atomic E-state index is 12.7. The number of sulfone groups is 1. The summed E-state index contributed by atoms with van der Waals surface area (Å²) < 4.78 is 55.7. The van der Waals surface area contributed by atoms with Gasteiger partial charge in [0, 0.05) is 19.3 Å². The van der Waals surface area contributed by atoms with Crippen LogP contribution in [0.1, 0.15) is 12.0 Å². The number of hydrogen-bond donors (Lipinski definition) is 0. The van der Waals surface area contributed by atoms with E-state index in [0.717, 1.165) is 11.8 Å². The van der Waals surface area contributed by atoms with Crippen LogP contribution in [0.5, 0.6) is 11.5 Å². The first-order valence-electron chi connectivity index (χ1n) is 8.20. The van der Waals surface area contributed by atoms with E-state index in [2.05, 4.69) is 0 Å². The summed E-state index contributed by atoms with van der Waals surface area (Å²) in [7, 11) is -6.96. The number of hydrogen-bond acceptors (Lipinski definition) is 5. The molecule has 1 unspecified atom stereocenters. The molecule has 0 bridgehead atoms. The van der Waals surface area contributed by atoms with Crippen molar-refractivity contribution in [3.63, 3.8) is 0 Å². The first kappa shape index (κ1) is 18.9. The summed E-state index contributed by atoms with van der Waals surface area (Å²) in [6, 6.07) is 13.7. The van der Waals surface area contributed by atoms with E-state index in [9.17, 15) is 16.8 Å². The van der Waals surface area contributed by atoms with Crippen LogP contribution < -0.4 is 4.74 Å². The maximum Gasteiger partial charge on any atom is 0.243 e. The van der Waals surface area contributed by atoms with Gasteiger partial charge in [0.05, 0.1) is 10.1 Å². The van der Waals surface area contributed by atoms with Crippen LogP contribution in [0.2, 0.25) is 0 Å². The van der Waals surface area contributed by atoms with E-state index in [4.69, 9.17) is 4.74 Å². The SMILES string of the molecule is Cc1cccc(Oc2ccc(S(=O)(=O)N3CCC(S(C)(=O)=O)C3)cc2)c1. The molecular weight excluding hydrogens is 374 g/mol. The van der Waals surface area contributed by atoms with Crippen molar-refractivity contribution in [3.05, 3.63) is 54.1 Å². The Balaban J connectivity index is 1.75. The minimum atomic E-state index is -3.71. The second-order valence-electron chi connectivity index (χ2n) is 6.49. The summed E-state index contributed by atoms with van der Waals surface area (Å²) in [6.07, 6.45) is 1.47. The van der Waals surface area contributed by atoms with Gasteiger partial charge in [0.2, 0.25) is 10.0 Å². The Morgan fingerprint density at radius 3 is 2.27 bits per heavy atom. The van der Waals surface area contributed by atoms with Crippen LogP contribution in [0.25, 0.3) is 0 Å². The fourth-order valence-corrected chi connectivity index (χ4v) is 5.49. The molecule has 3 rings (SSSR count). The minimum Gasteiger partial charge on any atom is -0.457 e. The van der Waals surface area contributed by atoms with E-state index in [1.807, 2.05) is 31.2 Å². The van der Waals surface area contributed by atoms with Crippen molar-refractivity contribution in [3.8, 4) is 11.5 Å². The van der Waals surface area contributed by atoms with Crippen molar-refractivity contribution in [2.24, 2.45) is 0 Å². The highest BCUT2D eigenvalue weighted by Crippen LogP contribution is 2.27. The van der Waals surface area contributed by atoms with Crippen LogP contribution in [-0.4, -0.2) is 45.7 Å². The van der Waals surface area contributed by atoms with Gasteiger partial charge in [0.25, 0.3) is 0 Å². The molecule has 0 aromatic heterocycles. The van der Waals surface area contributed by atoms with Gasteiger partial charge in [-0.15, -0.1) is 0 Å². The smallest absolute Gasteiger partial charge is 0.243 e. The van der Waals surface area contributed by atoms with E-state index in [1.54, 1.807) is 12.1 Å². The van der Waals surface area contributed by atoms with E-state index in [0.29, 0.717) is 17.9 Å². The lowest BCUT2D eigenvalue weighted by Gasteiger charge is -2.16. The van der Waals surface area contributed by atoms with Gasteiger partial charge in [0.1, 0.15) is 11.5 Å². The topological polar surface area (TPSA) is 80.8 Å². The predicted octanol–water partition coefficient (Wildman–Crippen LogP) is 2.59. The molecule has 1 heterocycles. The number of nitrogens with zero attached hydrogens (tertiary/aromatic N) is 1. The fourth-order valence-electron chi connectivity index (χ4n) is 2.91. The lowest BCUT2D eigenvalue weighted by atomic mass is 10.2. The van der Waals surface area contributed by atoms with Crippen molar-refractivity contribution in [1.29, 1.82) is 0 Å². The van der Waals surface area contributed by atoms with Gasteiger partial charge in [0.15, 0.2) is 9.84 Å². The van der Waals surface area contributed by atoms with Crippen LogP contribution in [-0.2, 0) is 19.9 Å². The Morgan fingerprint density at radius 1 is 1.00 bits per heavy atom. The highest BCUT2D eigenvalue weighted by atomic mass is 32.2. The van der Waals surface area contributed by atoms with E-state index in [-0.39, 0.29) is 18.0 Å². The van der Waals surface area contributed by atoms with Gasteiger partial charge in [-0.25, -0.2) is 16.8 Å². The van der Waals surface area contributed by atoms with Crippen molar-refractivity contribution < 1.29 is 21.6 Å². The quantitative estimate of drug-likeness (QED) is 0.777. The molecule has 8 heteroatoms. The highest BCUT2D eigenvalue weighted by molar-refractivity contribution is 7.91. The third kappa shape index (κ3) is 4.08. The normalized spacial score (nSPS) is 18.8. The van der Waals surface area contributed by atoms with Crippen LogP contribution in [0.4, 0.5) is 0 Å². The Morgan fingerprint density at radius 2 is 1.69 bits per heavy atom. The number of aryl methyl sites for hydroxylation is 1. The Bertz CT molecular complexity index is 998. The molecule has 2 aromatic carbocycles. The highest BCUT2D eigenvalue weighted by Gasteiger charge is 2.36. The standard InChI is InChI=1S/C18H21NO5S2/c1-14-4-3-5-16(12-14)24-15-6-8-17(9-7-15)26(22,23)19-11-10-18(13-19)25(2,20)21/h3-9,12,18H,10-11,13H2,1-2H3. The largest absolute Gasteiger partial charge is 0.457 e. The monoisotopic (exact) mass is 395 g/mol. The van der Waals surface area contributed by atoms with Gasteiger partial charge >= 0.3 is 0 Å². The summed E-state index contributed by atoms with van der Waals surface area (Å²) in [5.74, 6) is 1.21. The molecule has 0 radical (unpaired) electrons. The molecule has 1 aliphatic heterocycles. The van der Waals surface area contributed by atoms with Crippen LogP contribution in [0, 0.1) is 6.92 Å². The lowest BCUT2D eigenvalue weighted by Crippen LogP contribution is -2.31.